The van der Waals surface area contributed by atoms with Crippen LogP contribution in [0.5, 0.6) is 0 Å². The van der Waals surface area contributed by atoms with Crippen LogP contribution in [-0.2, 0) is 0 Å². The summed E-state index contributed by atoms with van der Waals surface area (Å²) in [5.41, 5.74) is 9.74. The Balaban J connectivity index is 2.18. The van der Waals surface area contributed by atoms with Gasteiger partial charge in [0.15, 0.2) is 0 Å². The first kappa shape index (κ1) is 9.66. The second-order valence-corrected chi connectivity index (χ2v) is 4.39. The van der Waals surface area contributed by atoms with Crippen LogP contribution in [0, 0.1) is 19.8 Å². The van der Waals surface area contributed by atoms with Crippen molar-refractivity contribution in [3.63, 3.8) is 0 Å². The topological polar surface area (TPSA) is 38.9 Å². The van der Waals surface area contributed by atoms with Gasteiger partial charge < -0.3 is 5.73 Å². The van der Waals surface area contributed by atoms with Gasteiger partial charge in [-0.05, 0) is 43.7 Å². The van der Waals surface area contributed by atoms with Crippen molar-refractivity contribution in [2.24, 2.45) is 11.7 Å². The molecule has 1 aromatic rings. The lowest BCUT2D eigenvalue weighted by Crippen LogP contribution is -2.27. The lowest BCUT2D eigenvalue weighted by Gasteiger charge is -2.31. The Morgan fingerprint density at radius 1 is 1.43 bits per heavy atom. The second kappa shape index (κ2) is 3.70. The lowest BCUT2D eigenvalue weighted by molar-refractivity contribution is 0.264. The summed E-state index contributed by atoms with van der Waals surface area (Å²) >= 11 is 0. The highest BCUT2D eigenvalue weighted by Crippen LogP contribution is 2.36. The Morgan fingerprint density at radius 3 is 2.64 bits per heavy atom. The zero-order valence-electron chi connectivity index (χ0n) is 8.96. The van der Waals surface area contributed by atoms with Gasteiger partial charge in [0.2, 0.25) is 0 Å². The van der Waals surface area contributed by atoms with Crippen molar-refractivity contribution >= 4 is 0 Å². The summed E-state index contributed by atoms with van der Waals surface area (Å²) in [4.78, 5) is 4.36. The summed E-state index contributed by atoms with van der Waals surface area (Å²) in [7, 11) is 0. The van der Waals surface area contributed by atoms with E-state index in [2.05, 4.69) is 18.0 Å². The minimum absolute atomic E-state index is 0.204. The molecular formula is C12H18N2. The minimum atomic E-state index is 0.204. The molecule has 1 heterocycles. The molecule has 1 aromatic heterocycles. The Morgan fingerprint density at radius 2 is 2.14 bits per heavy atom. The van der Waals surface area contributed by atoms with Crippen molar-refractivity contribution < 1.29 is 0 Å². The van der Waals surface area contributed by atoms with Crippen molar-refractivity contribution in [2.45, 2.75) is 39.2 Å². The predicted octanol–water partition coefficient (Wildman–Crippen LogP) is 2.50. The van der Waals surface area contributed by atoms with Crippen LogP contribution in [-0.4, -0.2) is 4.98 Å². The Hall–Kier alpha value is -0.890. The molecule has 1 unspecified atom stereocenters. The molecule has 1 fully saturated rings. The number of aromatic nitrogens is 1. The zero-order chi connectivity index (χ0) is 10.1. The van der Waals surface area contributed by atoms with Gasteiger partial charge in [0, 0.05) is 17.9 Å². The molecule has 0 spiro atoms. The van der Waals surface area contributed by atoms with Crippen LogP contribution in [0.15, 0.2) is 12.3 Å². The normalized spacial score (nSPS) is 19.1. The molecule has 0 amide bonds. The standard InChI is InChI=1S/C12H18N2/c1-8-6-11(7-14-9(8)2)12(13)10-4-3-5-10/h6-7,10,12H,3-5,13H2,1-2H3. The SMILES string of the molecule is Cc1cc(C(N)C2CCC2)cnc1C. The van der Waals surface area contributed by atoms with Crippen LogP contribution in [0.3, 0.4) is 0 Å². The molecule has 2 nitrogen and oxygen atoms in total. The maximum Gasteiger partial charge on any atom is 0.0402 e. The molecule has 2 rings (SSSR count). The van der Waals surface area contributed by atoms with Crippen LogP contribution in [0.4, 0.5) is 0 Å². The monoisotopic (exact) mass is 190 g/mol. The van der Waals surface area contributed by atoms with E-state index in [4.69, 9.17) is 5.73 Å². The molecule has 0 aromatic carbocycles. The van der Waals surface area contributed by atoms with Crippen LogP contribution < -0.4 is 5.73 Å². The minimum Gasteiger partial charge on any atom is -0.324 e. The molecule has 0 saturated heterocycles. The maximum atomic E-state index is 6.18. The highest BCUT2D eigenvalue weighted by molar-refractivity contribution is 5.25. The predicted molar refractivity (Wildman–Crippen MR) is 58.0 cm³/mol. The molecule has 1 atom stereocenters. The van der Waals surface area contributed by atoms with E-state index in [1.54, 1.807) is 0 Å². The van der Waals surface area contributed by atoms with Crippen LogP contribution in [0.2, 0.25) is 0 Å². The van der Waals surface area contributed by atoms with E-state index in [0.717, 1.165) is 5.69 Å². The fraction of sp³-hybridized carbons (Fsp3) is 0.583. The van der Waals surface area contributed by atoms with E-state index in [0.29, 0.717) is 5.92 Å². The van der Waals surface area contributed by atoms with Gasteiger partial charge in [0.05, 0.1) is 0 Å². The smallest absolute Gasteiger partial charge is 0.0402 e. The summed E-state index contributed by atoms with van der Waals surface area (Å²) in [6.45, 7) is 4.13. The van der Waals surface area contributed by atoms with Crippen LogP contribution in [0.25, 0.3) is 0 Å². The molecule has 1 aliphatic rings. The molecule has 1 aliphatic carbocycles. The highest BCUT2D eigenvalue weighted by Gasteiger charge is 2.25. The van der Waals surface area contributed by atoms with Crippen molar-refractivity contribution in [1.82, 2.24) is 4.98 Å². The van der Waals surface area contributed by atoms with Crippen molar-refractivity contribution in [3.8, 4) is 0 Å². The highest BCUT2D eigenvalue weighted by atomic mass is 14.7. The zero-order valence-corrected chi connectivity index (χ0v) is 8.96. The van der Waals surface area contributed by atoms with Crippen molar-refractivity contribution in [2.75, 3.05) is 0 Å². The Bertz CT molecular complexity index is 329. The third kappa shape index (κ3) is 1.67. The molecule has 14 heavy (non-hydrogen) atoms. The number of rotatable bonds is 2. The summed E-state index contributed by atoms with van der Waals surface area (Å²) in [5.74, 6) is 0.693. The van der Waals surface area contributed by atoms with Gasteiger partial charge in [-0.2, -0.15) is 0 Å². The Labute approximate surface area is 85.5 Å². The molecule has 2 N–H and O–H groups in total. The van der Waals surface area contributed by atoms with E-state index in [-0.39, 0.29) is 6.04 Å². The summed E-state index contributed by atoms with van der Waals surface area (Å²) < 4.78 is 0. The van der Waals surface area contributed by atoms with E-state index in [1.807, 2.05) is 13.1 Å². The van der Waals surface area contributed by atoms with Crippen LogP contribution >= 0.6 is 0 Å². The van der Waals surface area contributed by atoms with Gasteiger partial charge in [0.25, 0.3) is 0 Å². The van der Waals surface area contributed by atoms with Gasteiger partial charge in [-0.1, -0.05) is 12.5 Å². The van der Waals surface area contributed by atoms with Gasteiger partial charge in [-0.3, -0.25) is 4.98 Å². The molecular weight excluding hydrogens is 172 g/mol. The second-order valence-electron chi connectivity index (χ2n) is 4.39. The quantitative estimate of drug-likeness (QED) is 0.778. The fourth-order valence-corrected chi connectivity index (χ4v) is 1.92. The molecule has 76 valence electrons. The van der Waals surface area contributed by atoms with E-state index in [9.17, 15) is 0 Å². The first-order valence-corrected chi connectivity index (χ1v) is 5.37. The van der Waals surface area contributed by atoms with E-state index in [1.165, 1.54) is 30.4 Å². The summed E-state index contributed by atoms with van der Waals surface area (Å²) in [5, 5.41) is 0. The molecule has 2 heteroatoms. The molecule has 0 aliphatic heterocycles. The number of nitrogens with two attached hydrogens (primary N) is 1. The Kier molecular flexibility index (Phi) is 2.55. The molecule has 1 saturated carbocycles. The number of hydrogen-bond acceptors (Lipinski definition) is 2. The number of pyridine rings is 1. The number of aryl methyl sites for hydroxylation is 2. The van der Waals surface area contributed by atoms with Crippen molar-refractivity contribution in [1.29, 1.82) is 0 Å². The van der Waals surface area contributed by atoms with Crippen molar-refractivity contribution in [3.05, 3.63) is 29.1 Å². The van der Waals surface area contributed by atoms with Crippen LogP contribution in [0.1, 0.15) is 42.1 Å². The van der Waals surface area contributed by atoms with E-state index >= 15 is 0 Å². The lowest BCUT2D eigenvalue weighted by atomic mass is 9.78. The largest absolute Gasteiger partial charge is 0.324 e. The first-order valence-electron chi connectivity index (χ1n) is 5.37. The number of nitrogens with zero attached hydrogens (tertiary/aromatic N) is 1. The number of hydrogen-bond donors (Lipinski definition) is 1. The average Bonchev–Trinajstić information content (AvgIpc) is 2.06. The summed E-state index contributed by atoms with van der Waals surface area (Å²) in [6.07, 6.45) is 5.85. The maximum absolute atomic E-state index is 6.18. The molecule has 0 bridgehead atoms. The first-order chi connectivity index (χ1) is 6.68. The molecule has 0 radical (unpaired) electrons. The third-order valence-corrected chi connectivity index (χ3v) is 3.40. The summed E-state index contributed by atoms with van der Waals surface area (Å²) in [6, 6.07) is 2.39. The van der Waals surface area contributed by atoms with E-state index < -0.39 is 0 Å². The average molecular weight is 190 g/mol. The van der Waals surface area contributed by atoms with Gasteiger partial charge in [-0.15, -0.1) is 0 Å². The van der Waals surface area contributed by atoms with Gasteiger partial charge in [0.1, 0.15) is 0 Å². The van der Waals surface area contributed by atoms with Gasteiger partial charge >= 0.3 is 0 Å². The van der Waals surface area contributed by atoms with Gasteiger partial charge in [-0.25, -0.2) is 0 Å². The fourth-order valence-electron chi connectivity index (χ4n) is 1.92. The third-order valence-electron chi connectivity index (χ3n) is 3.40.